The molecular weight excluding hydrogens is 574 g/mol. The molecule has 164 valence electrons. The van der Waals surface area contributed by atoms with Crippen LogP contribution in [-0.2, 0) is 12.4 Å². The first kappa shape index (κ1) is 24.3. The van der Waals surface area contributed by atoms with Crippen molar-refractivity contribution in [1.29, 1.82) is 5.26 Å². The Labute approximate surface area is 184 Å². The lowest BCUT2D eigenvalue weighted by Gasteiger charge is -2.19. The molecule has 0 saturated heterocycles. The molecule has 0 radical (unpaired) electrons. The number of nitro groups is 2. The first-order chi connectivity index (χ1) is 14.1. The van der Waals surface area contributed by atoms with Crippen LogP contribution in [0.5, 0.6) is 0 Å². The second kappa shape index (κ2) is 8.30. The quantitative estimate of drug-likeness (QED) is 0.246. The number of nitro benzene ring substituents is 2. The number of hydrogen-bond donors (Lipinski definition) is 1. The average Bonchev–Trinajstić information content (AvgIpc) is 2.61. The minimum absolute atomic E-state index is 0.00542. The van der Waals surface area contributed by atoms with Crippen LogP contribution in [0.2, 0.25) is 0 Å². The molecule has 0 heterocycles. The van der Waals surface area contributed by atoms with Crippen molar-refractivity contribution in [1.82, 2.24) is 0 Å². The van der Waals surface area contributed by atoms with Crippen molar-refractivity contribution < 1.29 is 36.2 Å². The molecule has 0 atom stereocenters. The second-order valence-corrected chi connectivity index (χ2v) is 7.25. The summed E-state index contributed by atoms with van der Waals surface area (Å²) in [5.41, 5.74) is -9.00. The SMILES string of the molecule is N#Cc1cc(Br)c(Nc2c([N+](=O)[O-])cc([N+](=O)[O-])cc2C(F)(F)F)c(Br)c1C(F)(F)F. The van der Waals surface area contributed by atoms with E-state index in [4.69, 9.17) is 5.26 Å². The summed E-state index contributed by atoms with van der Waals surface area (Å²) < 4.78 is 79.4. The third kappa shape index (κ3) is 4.88. The fourth-order valence-electron chi connectivity index (χ4n) is 2.44. The highest BCUT2D eigenvalue weighted by molar-refractivity contribution is 9.11. The molecule has 0 aliphatic heterocycles. The Bertz CT molecular complexity index is 1140. The molecule has 0 bridgehead atoms. The smallest absolute Gasteiger partial charge is 0.348 e. The number of nitriles is 1. The second-order valence-electron chi connectivity index (χ2n) is 5.60. The van der Waals surface area contributed by atoms with Crippen LogP contribution >= 0.6 is 31.9 Å². The summed E-state index contributed by atoms with van der Waals surface area (Å²) in [6.07, 6.45) is -10.5. The maximum absolute atomic E-state index is 13.5. The monoisotopic (exact) mass is 576 g/mol. The zero-order chi connectivity index (χ0) is 23.9. The van der Waals surface area contributed by atoms with Crippen LogP contribution in [0.25, 0.3) is 0 Å². The molecule has 0 spiro atoms. The van der Waals surface area contributed by atoms with Crippen molar-refractivity contribution in [3.05, 3.63) is 64.1 Å². The van der Waals surface area contributed by atoms with Gasteiger partial charge >= 0.3 is 12.4 Å². The lowest BCUT2D eigenvalue weighted by atomic mass is 10.1. The lowest BCUT2D eigenvalue weighted by molar-refractivity contribution is -0.394. The molecule has 0 unspecified atom stereocenters. The Morgan fingerprint density at radius 1 is 0.935 bits per heavy atom. The van der Waals surface area contributed by atoms with Gasteiger partial charge in [0, 0.05) is 10.5 Å². The molecule has 0 aliphatic carbocycles. The maximum atomic E-state index is 13.5. The Hall–Kier alpha value is -2.93. The van der Waals surface area contributed by atoms with Crippen LogP contribution in [0.3, 0.4) is 0 Å². The van der Waals surface area contributed by atoms with Gasteiger partial charge < -0.3 is 5.32 Å². The van der Waals surface area contributed by atoms with Crippen LogP contribution in [0.15, 0.2) is 27.1 Å². The number of non-ortho nitro benzene ring substituents is 1. The molecule has 0 saturated carbocycles. The zero-order valence-corrected chi connectivity index (χ0v) is 17.4. The van der Waals surface area contributed by atoms with Gasteiger partial charge in [0.05, 0.1) is 48.8 Å². The summed E-state index contributed by atoms with van der Waals surface area (Å²) in [5, 5.41) is 33.0. The number of alkyl halides is 6. The molecule has 2 rings (SSSR count). The van der Waals surface area contributed by atoms with E-state index in [1.807, 2.05) is 5.32 Å². The Morgan fingerprint density at radius 2 is 1.52 bits per heavy atom. The Balaban J connectivity index is 2.90. The Morgan fingerprint density at radius 3 is 1.94 bits per heavy atom. The number of hydrogen-bond acceptors (Lipinski definition) is 6. The van der Waals surface area contributed by atoms with Gasteiger partial charge in [-0.2, -0.15) is 31.6 Å². The molecule has 16 heteroatoms. The highest BCUT2D eigenvalue weighted by atomic mass is 79.9. The maximum Gasteiger partial charge on any atom is 0.418 e. The van der Waals surface area contributed by atoms with Crippen LogP contribution in [-0.4, -0.2) is 9.85 Å². The van der Waals surface area contributed by atoms with Crippen molar-refractivity contribution in [2.24, 2.45) is 0 Å². The van der Waals surface area contributed by atoms with Crippen molar-refractivity contribution in [2.75, 3.05) is 5.32 Å². The van der Waals surface area contributed by atoms with Gasteiger partial charge in [0.1, 0.15) is 5.69 Å². The fourth-order valence-corrected chi connectivity index (χ4v) is 3.98. The molecular formula is C15H4Br2F6N4O4. The summed E-state index contributed by atoms with van der Waals surface area (Å²) in [6, 6.07) is 2.18. The number of rotatable bonds is 4. The number of anilines is 2. The average molecular weight is 578 g/mol. The third-order valence-corrected chi connectivity index (χ3v) is 5.11. The summed E-state index contributed by atoms with van der Waals surface area (Å²) >= 11 is 5.37. The molecule has 0 fully saturated rings. The topological polar surface area (TPSA) is 122 Å². The molecule has 31 heavy (non-hydrogen) atoms. The van der Waals surface area contributed by atoms with Crippen molar-refractivity contribution in [2.45, 2.75) is 12.4 Å². The van der Waals surface area contributed by atoms with Gasteiger partial charge in [-0.1, -0.05) is 0 Å². The van der Waals surface area contributed by atoms with Crippen LogP contribution < -0.4 is 5.32 Å². The van der Waals surface area contributed by atoms with E-state index in [2.05, 4.69) is 31.9 Å². The van der Waals surface area contributed by atoms with Crippen molar-refractivity contribution in [3.8, 4) is 6.07 Å². The number of halogens is 8. The molecule has 2 aromatic carbocycles. The van der Waals surface area contributed by atoms with Crippen LogP contribution in [0.4, 0.5) is 49.1 Å². The van der Waals surface area contributed by atoms with Gasteiger partial charge in [0.2, 0.25) is 0 Å². The van der Waals surface area contributed by atoms with Gasteiger partial charge in [0.25, 0.3) is 11.4 Å². The molecule has 0 aliphatic rings. The summed E-state index contributed by atoms with van der Waals surface area (Å²) in [5.74, 6) is 0. The van der Waals surface area contributed by atoms with Gasteiger partial charge in [-0.05, 0) is 37.9 Å². The van der Waals surface area contributed by atoms with E-state index in [1.54, 1.807) is 0 Å². The Kier molecular flexibility index (Phi) is 6.52. The van der Waals surface area contributed by atoms with E-state index in [1.165, 1.54) is 6.07 Å². The molecule has 0 amide bonds. The molecule has 2 aromatic rings. The molecule has 8 nitrogen and oxygen atoms in total. The highest BCUT2D eigenvalue weighted by Crippen LogP contribution is 2.48. The van der Waals surface area contributed by atoms with Gasteiger partial charge in [-0.3, -0.25) is 20.2 Å². The minimum Gasteiger partial charge on any atom is -0.348 e. The number of nitrogens with zero attached hydrogens (tertiary/aromatic N) is 3. The molecule has 0 aromatic heterocycles. The summed E-state index contributed by atoms with van der Waals surface area (Å²) in [7, 11) is 0. The van der Waals surface area contributed by atoms with E-state index in [0.717, 1.165) is 0 Å². The third-order valence-electron chi connectivity index (χ3n) is 3.69. The van der Waals surface area contributed by atoms with Crippen molar-refractivity contribution >= 4 is 54.6 Å². The molecule has 1 N–H and O–H groups in total. The summed E-state index contributed by atoms with van der Waals surface area (Å²) in [4.78, 5) is 19.5. The predicted molar refractivity (Wildman–Crippen MR) is 99.6 cm³/mol. The van der Waals surface area contributed by atoms with Crippen molar-refractivity contribution in [3.63, 3.8) is 0 Å². The van der Waals surface area contributed by atoms with E-state index in [-0.39, 0.29) is 16.6 Å². The predicted octanol–water partition coefficient (Wildman–Crippen LogP) is 6.68. The highest BCUT2D eigenvalue weighted by Gasteiger charge is 2.41. The summed E-state index contributed by atoms with van der Waals surface area (Å²) in [6.45, 7) is 0. The largest absolute Gasteiger partial charge is 0.418 e. The first-order valence-corrected chi connectivity index (χ1v) is 8.98. The fraction of sp³-hybridized carbons (Fsp3) is 0.133. The minimum atomic E-state index is -5.35. The number of nitrogens with one attached hydrogen (secondary N) is 1. The van der Waals surface area contributed by atoms with Gasteiger partial charge in [0.15, 0.2) is 0 Å². The standard InChI is InChI=1S/C15H4Br2F6N4O4/c16-8-1-5(4-24)10(15(21,22)23)11(17)13(8)25-12-7(14(18,19)20)2-6(26(28)29)3-9(12)27(30)31/h1-3,25H. The lowest BCUT2D eigenvalue weighted by Crippen LogP contribution is -2.14. The van der Waals surface area contributed by atoms with E-state index in [0.29, 0.717) is 6.07 Å². The van der Waals surface area contributed by atoms with Gasteiger partial charge in [-0.15, -0.1) is 0 Å². The number of benzene rings is 2. The van der Waals surface area contributed by atoms with Crippen LogP contribution in [0, 0.1) is 31.6 Å². The normalized spacial score (nSPS) is 11.7. The first-order valence-electron chi connectivity index (χ1n) is 7.40. The van der Waals surface area contributed by atoms with E-state index < -0.39 is 66.1 Å². The van der Waals surface area contributed by atoms with E-state index in [9.17, 15) is 46.6 Å². The van der Waals surface area contributed by atoms with Gasteiger partial charge in [-0.25, -0.2) is 0 Å². The zero-order valence-electron chi connectivity index (χ0n) is 14.2. The van der Waals surface area contributed by atoms with Crippen LogP contribution in [0.1, 0.15) is 16.7 Å². The van der Waals surface area contributed by atoms with E-state index >= 15 is 0 Å².